The molecule has 0 aromatic heterocycles. The second kappa shape index (κ2) is 28.1. The van der Waals surface area contributed by atoms with Gasteiger partial charge in [-0.05, 0) is 145 Å². The third-order valence-corrected chi connectivity index (χ3v) is 22.4. The number of nitrogens with zero attached hydrogens (tertiary/aromatic N) is 3. The maximum absolute atomic E-state index is 14.1. The summed E-state index contributed by atoms with van der Waals surface area (Å²) in [6, 6.07) is 26.0. The smallest absolute Gasteiger partial charge is 0.374 e. The Bertz CT molecular complexity index is 3560. The molecule has 3 saturated heterocycles. The van der Waals surface area contributed by atoms with Gasteiger partial charge in [-0.25, -0.2) is 0 Å². The Morgan fingerprint density at radius 2 is 0.720 bits per heavy atom. The summed E-state index contributed by atoms with van der Waals surface area (Å²) < 4.78 is 127. The van der Waals surface area contributed by atoms with Crippen molar-refractivity contribution in [1.29, 1.82) is 0 Å². The van der Waals surface area contributed by atoms with Crippen molar-refractivity contribution in [3.63, 3.8) is 0 Å². The zero-order valence-corrected chi connectivity index (χ0v) is 56.4. The largest absolute Gasteiger partial charge is 0.435 e. The zero-order valence-electron chi connectivity index (χ0n) is 48.6. The SMILES string of the molecule is Cc1cc(C2=NOC(c3cc(Cl)cc(Cl)c3)(C(F)(F)F)C2)ccc1C(=O)NC1CSC1.Cc1cc(C2=NOC(c3cc(Cl)cc(Cl)c3)(C(F)(F)F)C2)ccc1C(=O)NC1CSC1.Cc1cc(C2=NOC(c3cc(Cl)cc(Cl)c3)(C(F)(F)F)C2)ccc1C(=O)SC1CSC1. The first-order valence-corrected chi connectivity index (χ1v) is 34.6. The van der Waals surface area contributed by atoms with Gasteiger partial charge in [0.15, 0.2) is 0 Å². The van der Waals surface area contributed by atoms with E-state index in [1.54, 1.807) is 111 Å². The normalized spacial score (nSPS) is 21.3. The highest BCUT2D eigenvalue weighted by Crippen LogP contribution is 2.53. The van der Waals surface area contributed by atoms with Crippen molar-refractivity contribution >= 4 is 151 Å². The van der Waals surface area contributed by atoms with E-state index in [0.29, 0.717) is 55.3 Å². The summed E-state index contributed by atoms with van der Waals surface area (Å²) in [7, 11) is 0. The summed E-state index contributed by atoms with van der Waals surface area (Å²) in [6.45, 7) is 5.23. The van der Waals surface area contributed by atoms with Crippen LogP contribution in [0.4, 0.5) is 39.5 Å². The molecule has 492 valence electrons. The van der Waals surface area contributed by atoms with E-state index >= 15 is 0 Å². The fraction of sp³-hybridized carbons (Fsp3) is 0.333. The Labute approximate surface area is 574 Å². The number of halogens is 15. The summed E-state index contributed by atoms with van der Waals surface area (Å²) in [5.74, 6) is 5.03. The summed E-state index contributed by atoms with van der Waals surface area (Å²) in [5.41, 5.74) is -3.50. The third-order valence-electron chi connectivity index (χ3n) is 15.8. The van der Waals surface area contributed by atoms with Crippen molar-refractivity contribution < 1.29 is 68.4 Å². The number of nitrogens with one attached hydrogen (secondary N) is 2. The van der Waals surface area contributed by atoms with Gasteiger partial charge in [-0.2, -0.15) is 74.8 Å². The molecule has 30 heteroatoms. The highest BCUT2D eigenvalue weighted by atomic mass is 35.5. The molecular formula is C63H50Cl6F9N5O6S4. The predicted molar refractivity (Wildman–Crippen MR) is 353 cm³/mol. The van der Waals surface area contributed by atoms with Crippen LogP contribution < -0.4 is 10.6 Å². The molecule has 11 nitrogen and oxygen atoms in total. The van der Waals surface area contributed by atoms with Crippen LogP contribution >= 0.6 is 117 Å². The van der Waals surface area contributed by atoms with Crippen LogP contribution in [-0.4, -0.2) is 104 Å². The lowest BCUT2D eigenvalue weighted by Crippen LogP contribution is -2.44. The molecule has 3 atom stereocenters. The number of carbonyl (C=O) groups is 3. The lowest BCUT2D eigenvalue weighted by molar-refractivity contribution is -0.276. The van der Waals surface area contributed by atoms with Gasteiger partial charge in [0.05, 0.1) is 17.1 Å². The molecule has 0 spiro atoms. The predicted octanol–water partition coefficient (Wildman–Crippen LogP) is 18.3. The molecule has 6 aromatic carbocycles. The number of carbonyl (C=O) groups excluding carboxylic acids is 3. The second-order valence-corrected chi connectivity index (χ2v) is 29.6. The molecule has 6 heterocycles. The number of rotatable bonds is 12. The molecule has 6 aliphatic rings. The van der Waals surface area contributed by atoms with Crippen molar-refractivity contribution in [2.45, 2.75) is 92.7 Å². The fourth-order valence-corrected chi connectivity index (χ4v) is 15.5. The number of thioether (sulfide) groups is 4. The van der Waals surface area contributed by atoms with Gasteiger partial charge in [0.2, 0.25) is 5.12 Å². The molecule has 0 saturated carbocycles. The van der Waals surface area contributed by atoms with Crippen LogP contribution in [0.5, 0.6) is 0 Å². The Balaban J connectivity index is 0.000000153. The molecule has 0 aliphatic carbocycles. The van der Waals surface area contributed by atoms with E-state index in [4.69, 9.17) is 84.1 Å². The summed E-state index contributed by atoms with van der Waals surface area (Å²) in [5, 5.41) is 17.9. The number of alkyl halides is 9. The molecule has 6 aliphatic heterocycles. The zero-order chi connectivity index (χ0) is 67.2. The molecule has 6 aromatic rings. The Kier molecular flexibility index (Phi) is 21.4. The van der Waals surface area contributed by atoms with Gasteiger partial charge in [-0.15, -0.1) is 0 Å². The Hall–Kier alpha value is -5.15. The highest BCUT2D eigenvalue weighted by molar-refractivity contribution is 8.17. The molecule has 0 bridgehead atoms. The number of aryl methyl sites for hydroxylation is 3. The topological polar surface area (TPSA) is 140 Å². The van der Waals surface area contributed by atoms with Gasteiger partial charge in [-0.1, -0.05) is 115 Å². The average Bonchev–Trinajstić information content (AvgIpc) is 1.65. The minimum absolute atomic E-state index is 0.0304. The van der Waals surface area contributed by atoms with E-state index in [1.807, 2.05) is 0 Å². The molecule has 2 N–H and O–H groups in total. The third kappa shape index (κ3) is 15.3. The van der Waals surface area contributed by atoms with Gasteiger partial charge >= 0.3 is 18.5 Å². The van der Waals surface area contributed by atoms with E-state index in [1.165, 1.54) is 66.4 Å². The van der Waals surface area contributed by atoms with E-state index in [-0.39, 0.29) is 93.0 Å². The molecular weight excluding hydrogens is 1430 g/mol. The van der Waals surface area contributed by atoms with Crippen LogP contribution in [0.2, 0.25) is 30.1 Å². The fourth-order valence-electron chi connectivity index (χ4n) is 10.5. The van der Waals surface area contributed by atoms with E-state index in [0.717, 1.165) is 34.5 Å². The van der Waals surface area contributed by atoms with Crippen LogP contribution in [0.25, 0.3) is 0 Å². The first-order valence-electron chi connectivity index (χ1n) is 28.0. The van der Waals surface area contributed by atoms with Crippen molar-refractivity contribution in [2.75, 3.05) is 34.5 Å². The highest BCUT2D eigenvalue weighted by Gasteiger charge is 2.65. The number of amides is 2. The number of benzene rings is 6. The minimum atomic E-state index is -4.76. The molecule has 12 rings (SSSR count). The number of hydrogen-bond donors (Lipinski definition) is 2. The Morgan fingerprint density at radius 1 is 0.441 bits per heavy atom. The lowest BCUT2D eigenvalue weighted by Gasteiger charge is -2.29. The Morgan fingerprint density at radius 3 is 0.957 bits per heavy atom. The van der Waals surface area contributed by atoms with E-state index < -0.39 is 54.6 Å². The lowest BCUT2D eigenvalue weighted by atomic mass is 9.86. The minimum Gasteiger partial charge on any atom is -0.374 e. The maximum Gasteiger partial charge on any atom is 0.435 e. The maximum atomic E-state index is 14.1. The van der Waals surface area contributed by atoms with Crippen molar-refractivity contribution in [3.05, 3.63) is 206 Å². The van der Waals surface area contributed by atoms with Crippen molar-refractivity contribution in [3.8, 4) is 0 Å². The molecule has 93 heavy (non-hydrogen) atoms. The van der Waals surface area contributed by atoms with Crippen LogP contribution in [-0.2, 0) is 31.3 Å². The quantitative estimate of drug-likeness (QED) is 0.114. The van der Waals surface area contributed by atoms with Gasteiger partial charge in [0.25, 0.3) is 28.6 Å². The summed E-state index contributed by atoms with van der Waals surface area (Å²) >= 11 is 42.2. The monoisotopic (exact) mass is 1480 g/mol. The molecule has 2 amide bonds. The van der Waals surface area contributed by atoms with Gasteiger partial charge in [-0.3, -0.25) is 14.4 Å². The number of oxime groups is 3. The summed E-state index contributed by atoms with van der Waals surface area (Å²) in [6.07, 6.45) is -15.9. The second-order valence-electron chi connectivity index (χ2n) is 22.4. The first-order chi connectivity index (χ1) is 43.8. The van der Waals surface area contributed by atoms with Gasteiger partial charge < -0.3 is 25.1 Å². The van der Waals surface area contributed by atoms with Crippen molar-refractivity contribution in [1.82, 2.24) is 10.6 Å². The van der Waals surface area contributed by atoms with E-state index in [9.17, 15) is 53.9 Å². The van der Waals surface area contributed by atoms with E-state index in [2.05, 4.69) is 26.1 Å². The van der Waals surface area contributed by atoms with Crippen LogP contribution in [0.15, 0.2) is 125 Å². The average molecular weight is 1490 g/mol. The van der Waals surface area contributed by atoms with Crippen LogP contribution in [0.1, 0.15) is 100 Å². The summed E-state index contributed by atoms with van der Waals surface area (Å²) in [4.78, 5) is 52.5. The van der Waals surface area contributed by atoms with Gasteiger partial charge in [0, 0.05) is 135 Å². The van der Waals surface area contributed by atoms with Crippen LogP contribution in [0, 0.1) is 20.8 Å². The van der Waals surface area contributed by atoms with Crippen molar-refractivity contribution in [2.24, 2.45) is 15.5 Å². The molecule has 3 unspecified atom stereocenters. The van der Waals surface area contributed by atoms with Crippen LogP contribution in [0.3, 0.4) is 0 Å². The standard InChI is InChI=1S/2C21H17Cl2F3N2O2S.C21H16Cl2F3NO2S2/c2*1-11-4-12(2-3-17(11)19(29)27-16-9-31-10-16)18-8-20(30-28-18,21(24,25)26)13-5-14(22)7-15(23)6-13;1-11-4-12(2-3-17(11)19(28)31-16-9-30-10-16)18-8-20(29-27-18,21(24,25)26)13-5-14(22)7-15(23)6-13/h2*2-7,16H,8-10H2,1H3,(H,27,29);2-7,16H,8-10H2,1H3. The molecule has 0 radical (unpaired) electrons. The number of hydrogen-bond acceptors (Lipinski definition) is 13. The van der Waals surface area contributed by atoms with Gasteiger partial charge in [0.1, 0.15) is 0 Å². The first kappa shape index (κ1) is 70.6. The molecule has 3 fully saturated rings.